The van der Waals surface area contributed by atoms with Crippen LogP contribution in [0.15, 0.2) is 146 Å². The number of para-hydroxylation sites is 2. The van der Waals surface area contributed by atoms with Gasteiger partial charge in [0.1, 0.15) is 23.4 Å². The van der Waals surface area contributed by atoms with Crippen molar-refractivity contribution in [2.24, 2.45) is 0 Å². The van der Waals surface area contributed by atoms with Crippen LogP contribution in [0.4, 0.5) is 0 Å². The van der Waals surface area contributed by atoms with E-state index in [1.165, 1.54) is 16.3 Å². The lowest BCUT2D eigenvalue weighted by Gasteiger charge is -2.30. The molecule has 0 fully saturated rings. The Morgan fingerprint density at radius 1 is 0.622 bits per heavy atom. The van der Waals surface area contributed by atoms with Gasteiger partial charge in [-0.2, -0.15) is 0 Å². The van der Waals surface area contributed by atoms with Crippen LogP contribution in [-0.2, 0) is 0 Å². The molecule has 3 heterocycles. The summed E-state index contributed by atoms with van der Waals surface area (Å²) in [6, 6.07) is 36.5. The number of aromatic amines is 1. The number of allylic oxidation sites excluding steroid dienone is 4. The Hall–Kier alpha value is -5.74. The second kappa shape index (κ2) is 10.5. The van der Waals surface area contributed by atoms with Crippen LogP contribution < -0.4 is 14.8 Å². The van der Waals surface area contributed by atoms with E-state index < -0.39 is 0 Å². The zero-order valence-corrected chi connectivity index (χ0v) is 24.5. The quantitative estimate of drug-likeness (QED) is 0.214. The third-order valence-electron chi connectivity index (χ3n) is 9.09. The number of H-pyrrole nitrogens is 1. The van der Waals surface area contributed by atoms with Gasteiger partial charge < -0.3 is 19.8 Å². The molecule has 1 aliphatic carbocycles. The Morgan fingerprint density at radius 2 is 1.38 bits per heavy atom. The summed E-state index contributed by atoms with van der Waals surface area (Å²) in [4.78, 5) is 3.60. The number of benzene rings is 5. The van der Waals surface area contributed by atoms with Gasteiger partial charge in [-0.05, 0) is 83.1 Å². The fourth-order valence-corrected chi connectivity index (χ4v) is 6.83. The summed E-state index contributed by atoms with van der Waals surface area (Å²) >= 11 is 0. The smallest absolute Gasteiger partial charge is 0.136 e. The molecule has 4 heteroatoms. The van der Waals surface area contributed by atoms with Gasteiger partial charge in [0.2, 0.25) is 0 Å². The first kappa shape index (κ1) is 25.7. The SMILES string of the molecule is C1=CC2Oc3cc(C4=CCNC=C4)ccc3-c3ccc(-c4ccc5c(c4)[nH]c4ccccc45)cc3Oc3ccccc3C2C=C1. The first-order valence-corrected chi connectivity index (χ1v) is 15.5. The molecule has 0 radical (unpaired) electrons. The first-order chi connectivity index (χ1) is 22.3. The van der Waals surface area contributed by atoms with Gasteiger partial charge in [0.05, 0.1) is 0 Å². The maximum atomic E-state index is 6.95. The monoisotopic (exact) mass is 582 g/mol. The van der Waals surface area contributed by atoms with Crippen LogP contribution in [0.2, 0.25) is 0 Å². The topological polar surface area (TPSA) is 46.3 Å². The van der Waals surface area contributed by atoms with E-state index in [-0.39, 0.29) is 12.0 Å². The van der Waals surface area contributed by atoms with Crippen LogP contribution in [0.25, 0.3) is 49.6 Å². The maximum Gasteiger partial charge on any atom is 0.136 e. The summed E-state index contributed by atoms with van der Waals surface area (Å²) < 4.78 is 13.9. The van der Waals surface area contributed by atoms with E-state index >= 15 is 0 Å². The van der Waals surface area contributed by atoms with E-state index in [0.29, 0.717) is 0 Å². The largest absolute Gasteiger partial charge is 0.485 e. The number of aromatic nitrogens is 1. The second-order valence-corrected chi connectivity index (χ2v) is 11.8. The molecule has 2 unspecified atom stereocenters. The van der Waals surface area contributed by atoms with Crippen LogP contribution in [0.3, 0.4) is 0 Å². The van der Waals surface area contributed by atoms with Crippen LogP contribution in [-0.4, -0.2) is 17.6 Å². The molecule has 0 amide bonds. The average Bonchev–Trinajstić information content (AvgIpc) is 3.47. The third kappa shape index (κ3) is 4.46. The lowest BCUT2D eigenvalue weighted by atomic mass is 9.88. The highest BCUT2D eigenvalue weighted by Gasteiger charge is 2.29. The molecule has 9 rings (SSSR count). The molecule has 1 aromatic heterocycles. The van der Waals surface area contributed by atoms with Crippen molar-refractivity contribution in [3.63, 3.8) is 0 Å². The number of hydrogen-bond acceptors (Lipinski definition) is 3. The Labute approximate surface area is 261 Å². The average molecular weight is 583 g/mol. The van der Waals surface area contributed by atoms with Gasteiger partial charge in [-0.3, -0.25) is 0 Å². The molecule has 0 saturated heterocycles. The number of rotatable bonds is 2. The molecule has 5 aromatic carbocycles. The minimum absolute atomic E-state index is 0.00912. The Balaban J connectivity index is 1.23. The fourth-order valence-electron chi connectivity index (χ4n) is 6.83. The van der Waals surface area contributed by atoms with Crippen LogP contribution in [0.1, 0.15) is 17.0 Å². The van der Waals surface area contributed by atoms with Gasteiger partial charge in [-0.15, -0.1) is 0 Å². The van der Waals surface area contributed by atoms with Gasteiger partial charge in [0.15, 0.2) is 0 Å². The highest BCUT2D eigenvalue weighted by Crippen LogP contribution is 2.46. The van der Waals surface area contributed by atoms with Crippen molar-refractivity contribution in [2.75, 3.05) is 6.54 Å². The number of fused-ring (bicyclic) bond motifs is 9. The molecule has 45 heavy (non-hydrogen) atoms. The molecule has 0 spiro atoms. The Kier molecular flexibility index (Phi) is 5.98. The molecule has 2 atom stereocenters. The van der Waals surface area contributed by atoms with E-state index in [0.717, 1.165) is 68.2 Å². The first-order valence-electron chi connectivity index (χ1n) is 15.5. The standard InChI is InChI=1S/C41H30N2O2/c1-4-10-36-30(7-1)31-16-13-27(23-37(31)43-36)29-15-18-35-34-17-14-28(26-19-21-42-22-20-26)24-40(34)44-38-11-5-2-8-32(38)33-9-3-6-12-39(33)45-41(35)25-29/h1-21,23-25,32,38,42-43H,22H2. The van der Waals surface area contributed by atoms with Crippen LogP contribution >= 0.6 is 0 Å². The zero-order chi connectivity index (χ0) is 29.7. The number of ether oxygens (including phenoxy) is 2. The molecule has 4 nitrogen and oxygen atoms in total. The van der Waals surface area contributed by atoms with Gasteiger partial charge in [-0.25, -0.2) is 0 Å². The van der Waals surface area contributed by atoms with Gasteiger partial charge in [-0.1, -0.05) is 85.0 Å². The molecular formula is C41H30N2O2. The maximum absolute atomic E-state index is 6.95. The van der Waals surface area contributed by atoms with Crippen LogP contribution in [0, 0.1) is 0 Å². The van der Waals surface area contributed by atoms with Crippen molar-refractivity contribution in [1.29, 1.82) is 0 Å². The molecular weight excluding hydrogens is 552 g/mol. The number of hydrogen-bond donors (Lipinski definition) is 2. The van der Waals surface area contributed by atoms with Crippen molar-refractivity contribution < 1.29 is 9.47 Å². The van der Waals surface area contributed by atoms with E-state index in [2.05, 4.69) is 144 Å². The summed E-state index contributed by atoms with van der Waals surface area (Å²) in [5.41, 5.74) is 9.88. The number of nitrogens with one attached hydrogen (secondary N) is 2. The second-order valence-electron chi connectivity index (χ2n) is 11.8. The van der Waals surface area contributed by atoms with Gasteiger partial charge in [0, 0.05) is 51.0 Å². The molecule has 2 N–H and O–H groups in total. The lowest BCUT2D eigenvalue weighted by molar-refractivity contribution is 0.230. The highest BCUT2D eigenvalue weighted by molar-refractivity contribution is 6.08. The molecule has 0 bridgehead atoms. The Morgan fingerprint density at radius 3 is 2.31 bits per heavy atom. The minimum Gasteiger partial charge on any atom is -0.485 e. The van der Waals surface area contributed by atoms with Crippen molar-refractivity contribution in [1.82, 2.24) is 10.3 Å². The fraction of sp³-hybridized carbons (Fsp3) is 0.0732. The Bertz CT molecular complexity index is 2250. The van der Waals surface area contributed by atoms with Crippen molar-refractivity contribution in [3.8, 4) is 39.5 Å². The lowest BCUT2D eigenvalue weighted by Crippen LogP contribution is -2.24. The predicted molar refractivity (Wildman–Crippen MR) is 184 cm³/mol. The predicted octanol–water partition coefficient (Wildman–Crippen LogP) is 9.92. The molecule has 6 aromatic rings. The van der Waals surface area contributed by atoms with E-state index in [9.17, 15) is 0 Å². The summed E-state index contributed by atoms with van der Waals surface area (Å²) in [5.74, 6) is 2.48. The summed E-state index contributed by atoms with van der Waals surface area (Å²) in [6.45, 7) is 0.808. The van der Waals surface area contributed by atoms with Gasteiger partial charge >= 0.3 is 0 Å². The zero-order valence-electron chi connectivity index (χ0n) is 24.5. The normalized spacial score (nSPS) is 18.1. The third-order valence-corrected chi connectivity index (χ3v) is 9.09. The number of dihydropyridines is 1. The summed E-state index contributed by atoms with van der Waals surface area (Å²) in [7, 11) is 0. The minimum atomic E-state index is -0.171. The molecule has 3 aliphatic rings. The molecule has 216 valence electrons. The van der Waals surface area contributed by atoms with E-state index in [4.69, 9.17) is 9.47 Å². The van der Waals surface area contributed by atoms with Crippen molar-refractivity contribution in [3.05, 3.63) is 157 Å². The van der Waals surface area contributed by atoms with Crippen molar-refractivity contribution in [2.45, 2.75) is 12.0 Å². The van der Waals surface area contributed by atoms with Gasteiger partial charge in [0.25, 0.3) is 0 Å². The van der Waals surface area contributed by atoms with E-state index in [1.54, 1.807) is 0 Å². The van der Waals surface area contributed by atoms with Crippen molar-refractivity contribution >= 4 is 27.4 Å². The summed E-state index contributed by atoms with van der Waals surface area (Å²) in [5, 5.41) is 5.71. The van der Waals surface area contributed by atoms with E-state index in [1.807, 2.05) is 12.3 Å². The molecule has 2 aliphatic heterocycles. The molecule has 0 saturated carbocycles. The summed E-state index contributed by atoms with van der Waals surface area (Å²) in [6.07, 6.45) is 14.7. The highest BCUT2D eigenvalue weighted by atomic mass is 16.5. The van der Waals surface area contributed by atoms with Crippen LogP contribution in [0.5, 0.6) is 17.2 Å².